The Hall–Kier alpha value is -5.89. The summed E-state index contributed by atoms with van der Waals surface area (Å²) in [5.41, 5.74) is 5.25. The third-order valence-electron chi connectivity index (χ3n) is 10.7. The van der Waals surface area contributed by atoms with Crippen molar-refractivity contribution in [3.8, 4) is 33.9 Å². The molecule has 2 aliphatic heterocycles. The van der Waals surface area contributed by atoms with Gasteiger partial charge in [0.2, 0.25) is 11.8 Å². The van der Waals surface area contributed by atoms with Crippen molar-refractivity contribution in [2.75, 3.05) is 33.3 Å². The Labute approximate surface area is 320 Å². The van der Waals surface area contributed by atoms with E-state index in [2.05, 4.69) is 53.7 Å². The number of methoxy groups -OCH3 is 1. The number of likely N-dealkylation sites (tertiary alicyclic amines) is 2. The number of hydrogen-bond acceptors (Lipinski definition) is 9. The fourth-order valence-corrected chi connectivity index (χ4v) is 7.79. The van der Waals surface area contributed by atoms with Crippen LogP contribution in [-0.2, 0) is 14.3 Å². The van der Waals surface area contributed by atoms with E-state index < -0.39 is 12.1 Å². The van der Waals surface area contributed by atoms with Crippen LogP contribution in [0.3, 0.4) is 0 Å². The molecule has 3 N–H and O–H groups in total. The minimum absolute atomic E-state index is 0.112. The Kier molecular flexibility index (Phi) is 11.3. The highest BCUT2D eigenvalue weighted by Gasteiger charge is 2.38. The summed E-state index contributed by atoms with van der Waals surface area (Å²) in [5.74, 6) is 1.99. The number of amides is 3. The number of alkyl carbamates (subject to hydrolysis) is 1. The highest BCUT2D eigenvalue weighted by molar-refractivity contribution is 5.86. The summed E-state index contributed by atoms with van der Waals surface area (Å²) < 4.78 is 4.64. The number of aromatic amines is 2. The zero-order valence-corrected chi connectivity index (χ0v) is 31.7. The van der Waals surface area contributed by atoms with Gasteiger partial charge < -0.3 is 29.8 Å². The lowest BCUT2D eigenvalue weighted by Crippen LogP contribution is -2.46. The van der Waals surface area contributed by atoms with E-state index in [1.165, 1.54) is 7.11 Å². The molecule has 4 atom stereocenters. The lowest BCUT2D eigenvalue weighted by molar-refractivity contribution is -0.138. The van der Waals surface area contributed by atoms with Crippen LogP contribution in [0.2, 0.25) is 0 Å². The SMILES string of the molecule is CCN(CC)[C@@H](C(=O)N1CCC[C@@H]1c1ncc(-c2ccc(-c3ncc(-c4cnc([C@H]5CCCN5C(=O)[C@H](C)NC(=O)OC)[nH]4)cn3)cc2)[nH]1)c1ccccc1. The molecule has 0 unspecified atom stereocenters. The van der Waals surface area contributed by atoms with Crippen LogP contribution in [0.1, 0.15) is 81.8 Å². The van der Waals surface area contributed by atoms with Gasteiger partial charge in [0.05, 0.1) is 43.0 Å². The van der Waals surface area contributed by atoms with E-state index in [9.17, 15) is 14.4 Å². The molecule has 3 amide bonds. The van der Waals surface area contributed by atoms with Crippen molar-refractivity contribution < 1.29 is 19.1 Å². The van der Waals surface area contributed by atoms with Gasteiger partial charge in [-0.25, -0.2) is 24.7 Å². The Morgan fingerprint density at radius 2 is 1.31 bits per heavy atom. The predicted octanol–water partition coefficient (Wildman–Crippen LogP) is 6.08. The maximum absolute atomic E-state index is 14.2. The second-order valence-corrected chi connectivity index (χ2v) is 14.0. The average Bonchev–Trinajstić information content (AvgIpc) is 4.07. The number of rotatable bonds is 12. The van der Waals surface area contributed by atoms with Crippen LogP contribution in [0.15, 0.2) is 79.4 Å². The lowest BCUT2D eigenvalue weighted by Gasteiger charge is -2.34. The Bertz CT molecular complexity index is 2080. The third kappa shape index (κ3) is 7.86. The number of carbonyl (C=O) groups is 3. The fourth-order valence-electron chi connectivity index (χ4n) is 7.79. The number of imidazole rings is 2. The van der Waals surface area contributed by atoms with Crippen molar-refractivity contribution in [3.63, 3.8) is 0 Å². The molecular formula is C41H48N10O4. The molecular weight excluding hydrogens is 697 g/mol. The van der Waals surface area contributed by atoms with E-state index in [1.807, 2.05) is 65.7 Å². The number of benzene rings is 2. The minimum Gasteiger partial charge on any atom is -0.453 e. The highest BCUT2D eigenvalue weighted by atomic mass is 16.5. The fraction of sp³-hybridized carbons (Fsp3) is 0.390. The van der Waals surface area contributed by atoms with Gasteiger partial charge in [-0.3, -0.25) is 14.5 Å². The zero-order valence-electron chi connectivity index (χ0n) is 31.7. The van der Waals surface area contributed by atoms with Crippen molar-refractivity contribution in [2.24, 2.45) is 0 Å². The quantitative estimate of drug-likeness (QED) is 0.137. The number of hydrogen-bond donors (Lipinski definition) is 3. The molecule has 55 heavy (non-hydrogen) atoms. The minimum atomic E-state index is -0.717. The number of nitrogens with zero attached hydrogens (tertiary/aromatic N) is 7. The zero-order chi connectivity index (χ0) is 38.5. The van der Waals surface area contributed by atoms with E-state index in [0.717, 1.165) is 78.2 Å². The average molecular weight is 745 g/mol. The summed E-state index contributed by atoms with van der Waals surface area (Å²) in [6, 6.07) is 16.7. The van der Waals surface area contributed by atoms with Gasteiger partial charge in [-0.05, 0) is 56.8 Å². The van der Waals surface area contributed by atoms with Gasteiger partial charge in [-0.15, -0.1) is 0 Å². The van der Waals surface area contributed by atoms with E-state index in [-0.39, 0.29) is 29.9 Å². The van der Waals surface area contributed by atoms with Gasteiger partial charge in [0, 0.05) is 36.6 Å². The van der Waals surface area contributed by atoms with Gasteiger partial charge in [-0.2, -0.15) is 0 Å². The van der Waals surface area contributed by atoms with Crippen molar-refractivity contribution in [3.05, 3.63) is 96.6 Å². The van der Waals surface area contributed by atoms with Crippen LogP contribution in [0, 0.1) is 0 Å². The van der Waals surface area contributed by atoms with E-state index in [1.54, 1.807) is 30.4 Å². The van der Waals surface area contributed by atoms with Gasteiger partial charge in [0.15, 0.2) is 5.82 Å². The molecule has 0 bridgehead atoms. The molecule has 2 aromatic carbocycles. The van der Waals surface area contributed by atoms with Crippen molar-refractivity contribution >= 4 is 17.9 Å². The maximum Gasteiger partial charge on any atom is 0.407 e. The molecule has 2 aliphatic rings. The van der Waals surface area contributed by atoms with E-state index in [4.69, 9.17) is 4.98 Å². The number of carbonyl (C=O) groups excluding carboxylic acids is 3. The standard InChI is InChI=1S/C41H48N10O4/c1-5-49(6-2)35(28-12-8-7-9-13-28)40(53)51-21-11-15-34(51)38-44-24-31(47-38)27-16-18-29(19-17-27)36-42-22-30(23-43-36)32-25-45-37(48-32)33-14-10-20-50(33)39(52)26(3)46-41(54)55-4/h7-9,12-13,16-19,22-26,33-35H,5-6,10-11,14-15,20-21H2,1-4H3,(H,44,47)(H,45,48)(H,46,54)/t26-,33+,34+,35+/m0/s1. The van der Waals surface area contributed by atoms with Crippen LogP contribution in [-0.4, -0.2) is 102 Å². The molecule has 5 heterocycles. The molecule has 7 rings (SSSR count). The molecule has 0 radical (unpaired) electrons. The summed E-state index contributed by atoms with van der Waals surface area (Å²) >= 11 is 0. The van der Waals surface area contributed by atoms with Crippen LogP contribution >= 0.6 is 0 Å². The Balaban J connectivity index is 1.01. The Morgan fingerprint density at radius 1 is 0.764 bits per heavy atom. The first-order valence-corrected chi connectivity index (χ1v) is 19.1. The van der Waals surface area contributed by atoms with Gasteiger partial charge in [0.25, 0.3) is 0 Å². The molecule has 0 saturated carbocycles. The van der Waals surface area contributed by atoms with Gasteiger partial charge in [-0.1, -0.05) is 68.4 Å². The first kappa shape index (κ1) is 37.4. The second kappa shape index (κ2) is 16.6. The maximum atomic E-state index is 14.2. The molecule has 0 aliphatic carbocycles. The summed E-state index contributed by atoms with van der Waals surface area (Å²) in [6.07, 6.45) is 9.82. The van der Waals surface area contributed by atoms with Crippen molar-refractivity contribution in [1.82, 2.24) is 49.9 Å². The van der Waals surface area contributed by atoms with Crippen molar-refractivity contribution in [2.45, 2.75) is 70.6 Å². The first-order chi connectivity index (χ1) is 26.8. The largest absolute Gasteiger partial charge is 0.453 e. The molecule has 2 fully saturated rings. The number of nitrogens with one attached hydrogen (secondary N) is 3. The first-order valence-electron chi connectivity index (χ1n) is 19.1. The van der Waals surface area contributed by atoms with Gasteiger partial charge in [0.1, 0.15) is 23.7 Å². The van der Waals surface area contributed by atoms with Crippen LogP contribution in [0.5, 0.6) is 0 Å². The second-order valence-electron chi connectivity index (χ2n) is 14.0. The molecule has 286 valence electrons. The summed E-state index contributed by atoms with van der Waals surface area (Å²) in [7, 11) is 1.27. The molecule has 3 aromatic heterocycles. The number of aromatic nitrogens is 6. The van der Waals surface area contributed by atoms with Crippen LogP contribution in [0.4, 0.5) is 4.79 Å². The predicted molar refractivity (Wildman–Crippen MR) is 207 cm³/mol. The normalized spacial score (nSPS) is 18.1. The smallest absolute Gasteiger partial charge is 0.407 e. The summed E-state index contributed by atoms with van der Waals surface area (Å²) in [6.45, 7) is 8.70. The molecule has 2 saturated heterocycles. The topological polar surface area (TPSA) is 165 Å². The van der Waals surface area contributed by atoms with E-state index in [0.29, 0.717) is 24.7 Å². The molecule has 5 aromatic rings. The highest BCUT2D eigenvalue weighted by Crippen LogP contribution is 2.36. The van der Waals surface area contributed by atoms with E-state index >= 15 is 0 Å². The molecule has 14 heteroatoms. The number of likely N-dealkylation sites (N-methyl/N-ethyl adjacent to an activating group) is 1. The lowest BCUT2D eigenvalue weighted by atomic mass is 10.0. The van der Waals surface area contributed by atoms with Crippen LogP contribution < -0.4 is 5.32 Å². The third-order valence-corrected chi connectivity index (χ3v) is 10.7. The summed E-state index contributed by atoms with van der Waals surface area (Å²) in [5, 5.41) is 2.55. The molecule has 14 nitrogen and oxygen atoms in total. The van der Waals surface area contributed by atoms with Gasteiger partial charge >= 0.3 is 6.09 Å². The monoisotopic (exact) mass is 744 g/mol. The van der Waals surface area contributed by atoms with Crippen molar-refractivity contribution in [1.29, 1.82) is 0 Å². The number of H-pyrrole nitrogens is 2. The summed E-state index contributed by atoms with van der Waals surface area (Å²) in [4.78, 5) is 70.4. The molecule has 0 spiro atoms. The van der Waals surface area contributed by atoms with Crippen LogP contribution in [0.25, 0.3) is 33.9 Å². The number of ether oxygens (including phenoxy) is 1. The Morgan fingerprint density at radius 3 is 1.87 bits per heavy atom.